The fraction of sp³-hybridized carbons (Fsp3) is 0.412. The highest BCUT2D eigenvalue weighted by Gasteiger charge is 2.18. The molecule has 0 aliphatic heterocycles. The summed E-state index contributed by atoms with van der Waals surface area (Å²) in [7, 11) is 3.36. The number of nitrogens with zero attached hydrogens (tertiary/aromatic N) is 4. The van der Waals surface area contributed by atoms with Crippen LogP contribution in [0.15, 0.2) is 35.7 Å². The summed E-state index contributed by atoms with van der Waals surface area (Å²) in [5, 5.41) is 11.2. The molecule has 0 radical (unpaired) electrons. The maximum Gasteiger partial charge on any atom is 0.244 e. The minimum Gasteiger partial charge on any atom is -0.495 e. The van der Waals surface area contributed by atoms with Gasteiger partial charge in [-0.3, -0.25) is 9.59 Å². The zero-order valence-electron chi connectivity index (χ0n) is 15.1. The summed E-state index contributed by atoms with van der Waals surface area (Å²) in [4.78, 5) is 26.4. The first-order valence-electron chi connectivity index (χ1n) is 8.22. The maximum atomic E-state index is 12.5. The molecule has 1 N–H and O–H groups in total. The van der Waals surface area contributed by atoms with Crippen molar-refractivity contribution < 1.29 is 14.3 Å². The van der Waals surface area contributed by atoms with E-state index in [0.29, 0.717) is 23.1 Å². The van der Waals surface area contributed by atoms with E-state index in [1.54, 1.807) is 35.0 Å². The average Bonchev–Trinajstić information content (AvgIpc) is 3.04. The number of aryl methyl sites for hydroxylation is 1. The van der Waals surface area contributed by atoms with Crippen LogP contribution in [0.1, 0.15) is 13.3 Å². The zero-order chi connectivity index (χ0) is 18.9. The van der Waals surface area contributed by atoms with Gasteiger partial charge < -0.3 is 19.5 Å². The summed E-state index contributed by atoms with van der Waals surface area (Å²) in [5.74, 6) is 0.399. The number of hydrogen-bond donors (Lipinski definition) is 1. The van der Waals surface area contributed by atoms with Gasteiger partial charge in [-0.05, 0) is 18.6 Å². The number of rotatable bonds is 9. The van der Waals surface area contributed by atoms with Gasteiger partial charge in [-0.25, -0.2) is 0 Å². The number of carbonyl (C=O) groups is 2. The molecule has 8 nitrogen and oxygen atoms in total. The van der Waals surface area contributed by atoms with Crippen molar-refractivity contribution in [3.05, 3.63) is 30.6 Å². The van der Waals surface area contributed by atoms with E-state index in [-0.39, 0.29) is 24.1 Å². The molecule has 1 aromatic carbocycles. The lowest BCUT2D eigenvalue weighted by Crippen LogP contribution is -2.39. The molecule has 0 atom stereocenters. The lowest BCUT2D eigenvalue weighted by Gasteiger charge is -2.21. The van der Waals surface area contributed by atoms with Crippen LogP contribution < -0.4 is 10.1 Å². The molecule has 2 aromatic rings. The molecular weight excluding hydrogens is 354 g/mol. The first-order chi connectivity index (χ1) is 12.5. The van der Waals surface area contributed by atoms with E-state index in [2.05, 4.69) is 15.5 Å². The second kappa shape index (κ2) is 9.81. The zero-order valence-corrected chi connectivity index (χ0v) is 16.0. The van der Waals surface area contributed by atoms with Crippen LogP contribution >= 0.6 is 11.8 Å². The van der Waals surface area contributed by atoms with Crippen molar-refractivity contribution in [2.45, 2.75) is 18.5 Å². The predicted octanol–water partition coefficient (Wildman–Crippen LogP) is 1.79. The average molecular weight is 377 g/mol. The van der Waals surface area contributed by atoms with Gasteiger partial charge >= 0.3 is 0 Å². The van der Waals surface area contributed by atoms with Crippen molar-refractivity contribution in [3.63, 3.8) is 0 Å². The van der Waals surface area contributed by atoms with E-state index < -0.39 is 0 Å². The Hall–Kier alpha value is -2.55. The summed E-state index contributed by atoms with van der Waals surface area (Å²) in [6.45, 7) is 2.47. The highest BCUT2D eigenvalue weighted by atomic mass is 32.2. The minimum atomic E-state index is -0.264. The summed E-state index contributed by atoms with van der Waals surface area (Å²) in [5.41, 5.74) is 0.581. The molecule has 0 fully saturated rings. The first kappa shape index (κ1) is 19.8. The summed E-state index contributed by atoms with van der Waals surface area (Å²) in [6, 6.07) is 7.16. The molecule has 0 saturated heterocycles. The molecule has 0 bridgehead atoms. The third-order valence-corrected chi connectivity index (χ3v) is 4.58. The van der Waals surface area contributed by atoms with Gasteiger partial charge in [-0.15, -0.1) is 10.2 Å². The van der Waals surface area contributed by atoms with Gasteiger partial charge in [-0.1, -0.05) is 30.8 Å². The van der Waals surface area contributed by atoms with Gasteiger partial charge in [0.05, 0.1) is 25.1 Å². The van der Waals surface area contributed by atoms with E-state index in [1.165, 1.54) is 11.8 Å². The number of nitrogens with one attached hydrogen (secondary N) is 1. The Morgan fingerprint density at radius 2 is 2.12 bits per heavy atom. The number of aromatic nitrogens is 3. The normalized spacial score (nSPS) is 10.4. The third-order valence-electron chi connectivity index (χ3n) is 3.56. The van der Waals surface area contributed by atoms with Crippen LogP contribution in [0.2, 0.25) is 0 Å². The number of carbonyl (C=O) groups excluding carboxylic acids is 2. The lowest BCUT2D eigenvalue weighted by atomic mass is 10.3. The number of thioether (sulfide) groups is 1. The van der Waals surface area contributed by atoms with E-state index in [9.17, 15) is 9.59 Å². The number of benzene rings is 1. The van der Waals surface area contributed by atoms with Crippen molar-refractivity contribution in [1.29, 1.82) is 0 Å². The largest absolute Gasteiger partial charge is 0.495 e. The Kier molecular flexibility index (Phi) is 7.46. The van der Waals surface area contributed by atoms with E-state index in [1.807, 2.05) is 26.1 Å². The smallest absolute Gasteiger partial charge is 0.244 e. The highest BCUT2D eigenvalue weighted by Crippen LogP contribution is 2.23. The molecule has 0 unspecified atom stereocenters. The molecule has 1 heterocycles. The standard InChI is InChI=1S/C17H23N5O3S/c1-4-9-22(16(24)11-26-17-20-18-12-21(17)2)10-15(23)19-13-7-5-6-8-14(13)25-3/h5-8,12H,4,9-11H2,1-3H3,(H,19,23). The summed E-state index contributed by atoms with van der Waals surface area (Å²) < 4.78 is 6.97. The third kappa shape index (κ3) is 5.48. The van der Waals surface area contributed by atoms with Crippen molar-refractivity contribution in [3.8, 4) is 5.75 Å². The molecule has 0 aliphatic carbocycles. The van der Waals surface area contributed by atoms with Crippen molar-refractivity contribution in [2.24, 2.45) is 7.05 Å². The van der Waals surface area contributed by atoms with Crippen LogP contribution in [0.5, 0.6) is 5.75 Å². The van der Waals surface area contributed by atoms with Gasteiger partial charge in [-0.2, -0.15) is 0 Å². The van der Waals surface area contributed by atoms with Crippen LogP contribution in [0.3, 0.4) is 0 Å². The Morgan fingerprint density at radius 1 is 1.35 bits per heavy atom. The van der Waals surface area contributed by atoms with Gasteiger partial charge in [0.1, 0.15) is 12.1 Å². The second-order valence-electron chi connectivity index (χ2n) is 5.58. The van der Waals surface area contributed by atoms with Crippen LogP contribution in [0.4, 0.5) is 5.69 Å². The molecule has 0 saturated carbocycles. The molecule has 140 valence electrons. The number of hydrogen-bond acceptors (Lipinski definition) is 6. The van der Waals surface area contributed by atoms with Gasteiger partial charge in [0.25, 0.3) is 0 Å². The Balaban J connectivity index is 1.94. The molecule has 9 heteroatoms. The maximum absolute atomic E-state index is 12.5. The minimum absolute atomic E-state index is 0.00982. The monoisotopic (exact) mass is 377 g/mol. The molecule has 2 amide bonds. The number of para-hydroxylation sites is 2. The SMILES string of the molecule is CCCN(CC(=O)Nc1ccccc1OC)C(=O)CSc1nncn1C. The number of methoxy groups -OCH3 is 1. The van der Waals surface area contributed by atoms with E-state index in [4.69, 9.17) is 4.74 Å². The first-order valence-corrected chi connectivity index (χ1v) is 9.21. The van der Waals surface area contributed by atoms with Crippen molar-refractivity contribution in [1.82, 2.24) is 19.7 Å². The Morgan fingerprint density at radius 3 is 2.77 bits per heavy atom. The molecular formula is C17H23N5O3S. The second-order valence-corrected chi connectivity index (χ2v) is 6.52. The van der Waals surface area contributed by atoms with Gasteiger partial charge in [0.2, 0.25) is 11.8 Å². The fourth-order valence-electron chi connectivity index (χ4n) is 2.29. The van der Waals surface area contributed by atoms with E-state index in [0.717, 1.165) is 6.42 Å². The van der Waals surface area contributed by atoms with Gasteiger partial charge in [0, 0.05) is 13.6 Å². The summed E-state index contributed by atoms with van der Waals surface area (Å²) >= 11 is 1.30. The quantitative estimate of drug-likeness (QED) is 0.670. The Bertz CT molecular complexity index is 750. The number of anilines is 1. The van der Waals surface area contributed by atoms with Gasteiger partial charge in [0.15, 0.2) is 5.16 Å². The molecule has 0 aliphatic rings. The molecule has 2 rings (SSSR count). The van der Waals surface area contributed by atoms with E-state index >= 15 is 0 Å². The Labute approximate surface area is 156 Å². The lowest BCUT2D eigenvalue weighted by molar-refractivity contribution is -0.132. The van der Waals surface area contributed by atoms with Crippen LogP contribution in [0, 0.1) is 0 Å². The molecule has 1 aromatic heterocycles. The number of ether oxygens (including phenoxy) is 1. The van der Waals surface area contributed by atoms with Crippen molar-refractivity contribution in [2.75, 3.05) is 31.3 Å². The topological polar surface area (TPSA) is 89.3 Å². The predicted molar refractivity (Wildman–Crippen MR) is 100 cm³/mol. The van der Waals surface area contributed by atoms with Crippen LogP contribution in [-0.4, -0.2) is 57.4 Å². The highest BCUT2D eigenvalue weighted by molar-refractivity contribution is 7.99. The number of amides is 2. The van der Waals surface area contributed by atoms with Crippen molar-refractivity contribution >= 4 is 29.3 Å². The summed E-state index contributed by atoms with van der Waals surface area (Å²) in [6.07, 6.45) is 2.35. The van der Waals surface area contributed by atoms with Crippen LogP contribution in [-0.2, 0) is 16.6 Å². The molecule has 0 spiro atoms. The molecule has 26 heavy (non-hydrogen) atoms. The van der Waals surface area contributed by atoms with Crippen LogP contribution in [0.25, 0.3) is 0 Å². The fourth-order valence-corrected chi connectivity index (χ4v) is 3.08.